The number of nitrogens with one attached hydrogen (secondary N) is 1. The van der Waals surface area contributed by atoms with E-state index in [4.69, 9.17) is 5.73 Å². The average molecular weight is 469 g/mol. The molecule has 0 unspecified atom stereocenters. The van der Waals surface area contributed by atoms with Crippen LogP contribution in [0.25, 0.3) is 10.8 Å². The Kier molecular flexibility index (Phi) is 8.76. The van der Waals surface area contributed by atoms with Gasteiger partial charge in [-0.3, -0.25) is 4.79 Å². The van der Waals surface area contributed by atoms with Crippen LogP contribution in [-0.2, 0) is 27.3 Å². The topological polar surface area (TPSA) is 174 Å². The summed E-state index contributed by atoms with van der Waals surface area (Å²) in [5, 5.41) is 2.33. The fourth-order valence-corrected chi connectivity index (χ4v) is 3.96. The molecule has 0 aliphatic heterocycles. The van der Waals surface area contributed by atoms with Gasteiger partial charge in [-0.15, -0.1) is 0 Å². The molecular weight excluding hydrogens is 456 g/mol. The normalized spacial score (nSPS) is 11.4. The smallest absolute Gasteiger partial charge is 0.744 e. The van der Waals surface area contributed by atoms with Gasteiger partial charge < -0.3 is 24.7 Å². The van der Waals surface area contributed by atoms with Gasteiger partial charge in [-0.25, -0.2) is 16.8 Å². The fraction of sp³-hybridized carbons (Fsp3) is 0.0625. The zero-order chi connectivity index (χ0) is 20.9. The Morgan fingerprint density at radius 2 is 1.60 bits per heavy atom. The molecule has 0 saturated carbocycles. The molecule has 0 bridgehead atoms. The number of carbonyl (C=O) groups excluding carboxylic acids is 1. The number of benzene rings is 2. The van der Waals surface area contributed by atoms with Crippen LogP contribution in [0.3, 0.4) is 0 Å². The number of nitrogen functional groups attached to an aromatic ring is 1. The van der Waals surface area contributed by atoms with Gasteiger partial charge in [0.05, 0.1) is 15.5 Å². The first-order chi connectivity index (χ1) is 12.9. The molecule has 0 aliphatic carbocycles. The van der Waals surface area contributed by atoms with Crippen molar-refractivity contribution in [2.24, 2.45) is 7.05 Å². The van der Waals surface area contributed by atoms with Crippen LogP contribution in [0.15, 0.2) is 52.4 Å². The maximum Gasteiger partial charge on any atom is 1.00 e. The quantitative estimate of drug-likeness (QED) is 0.282. The van der Waals surface area contributed by atoms with Crippen molar-refractivity contribution >= 4 is 48.3 Å². The molecule has 2 aromatic carbocycles. The first-order valence-electron chi connectivity index (χ1n) is 7.59. The van der Waals surface area contributed by atoms with E-state index in [0.717, 1.165) is 24.3 Å². The average Bonchev–Trinajstić information content (AvgIpc) is 2.91. The summed E-state index contributed by atoms with van der Waals surface area (Å²) in [4.78, 5) is 11.1. The molecule has 1 amide bonds. The largest absolute Gasteiger partial charge is 1.00 e. The Hall–Kier alpha value is -0.930. The van der Waals surface area contributed by atoms with Crippen molar-refractivity contribution in [3.05, 3.63) is 48.3 Å². The number of rotatable bonds is 4. The number of aryl methyl sites for hydroxylation is 1. The third-order valence-corrected chi connectivity index (χ3v) is 5.74. The van der Waals surface area contributed by atoms with Gasteiger partial charge in [-0.1, -0.05) is 6.07 Å². The van der Waals surface area contributed by atoms with Gasteiger partial charge in [0.2, 0.25) is 0 Å². The van der Waals surface area contributed by atoms with E-state index in [1.54, 1.807) is 7.05 Å². The Labute approximate surface area is 216 Å². The summed E-state index contributed by atoms with van der Waals surface area (Å²) in [5.74, 6) is -0.571. The molecule has 0 spiro atoms. The number of anilines is 2. The minimum Gasteiger partial charge on any atom is -0.744 e. The predicted molar refractivity (Wildman–Crippen MR) is 97.7 cm³/mol. The fourth-order valence-electron chi connectivity index (χ4n) is 2.79. The van der Waals surface area contributed by atoms with Gasteiger partial charge in [0.25, 0.3) is 5.91 Å². The molecule has 0 fully saturated rings. The van der Waals surface area contributed by atoms with Crippen molar-refractivity contribution < 1.29 is 89.9 Å². The molecule has 0 aliphatic rings. The van der Waals surface area contributed by atoms with Gasteiger partial charge >= 0.3 is 59.1 Å². The Bertz CT molecular complexity index is 1340. The number of hydrogen-bond acceptors (Lipinski definition) is 8. The van der Waals surface area contributed by atoms with Crippen molar-refractivity contribution in [2.45, 2.75) is 9.79 Å². The first kappa shape index (κ1) is 27.1. The minimum atomic E-state index is -4.97. The van der Waals surface area contributed by atoms with Crippen molar-refractivity contribution in [3.63, 3.8) is 0 Å². The van der Waals surface area contributed by atoms with Gasteiger partial charge in [0, 0.05) is 29.7 Å². The Balaban J connectivity index is 0.00000225. The summed E-state index contributed by atoms with van der Waals surface area (Å²) in [5.41, 5.74) is 6.32. The summed E-state index contributed by atoms with van der Waals surface area (Å²) >= 11 is 0. The van der Waals surface area contributed by atoms with Crippen LogP contribution in [0.5, 0.6) is 0 Å². The van der Waals surface area contributed by atoms with Crippen LogP contribution in [0.1, 0.15) is 10.5 Å². The van der Waals surface area contributed by atoms with Crippen LogP contribution in [0, 0.1) is 0 Å². The van der Waals surface area contributed by atoms with Crippen LogP contribution in [0.2, 0.25) is 0 Å². The minimum absolute atomic E-state index is 0. The van der Waals surface area contributed by atoms with E-state index >= 15 is 0 Å². The standard InChI is InChI=1S/C16H15N3O7S2.2Na/c1-19-8-9(17)6-14(19)16(20)18-13-4-5-15(28(24,25)26)12-7-10(27(21,22)23)2-3-11(12)13;;/h2-8H,17H2,1H3,(H,18,20)(H,21,22,23)(H,24,25,26);;/q;2*+1/p-2. The van der Waals surface area contributed by atoms with Gasteiger partial charge in [0.15, 0.2) is 0 Å². The number of hydrogen-bond donors (Lipinski definition) is 2. The molecule has 148 valence electrons. The maximum absolute atomic E-state index is 12.5. The molecule has 1 heterocycles. The van der Waals surface area contributed by atoms with Crippen molar-refractivity contribution in [3.8, 4) is 0 Å². The van der Waals surface area contributed by atoms with Crippen LogP contribution >= 0.6 is 0 Å². The zero-order valence-electron chi connectivity index (χ0n) is 16.2. The van der Waals surface area contributed by atoms with Crippen molar-refractivity contribution in [1.29, 1.82) is 0 Å². The van der Waals surface area contributed by atoms with Gasteiger partial charge in [0.1, 0.15) is 25.9 Å². The maximum atomic E-state index is 12.5. The number of carbonyl (C=O) groups is 1. The van der Waals surface area contributed by atoms with E-state index in [-0.39, 0.29) is 81.3 Å². The van der Waals surface area contributed by atoms with E-state index in [9.17, 15) is 30.7 Å². The summed E-state index contributed by atoms with van der Waals surface area (Å²) in [6.07, 6.45) is 1.52. The molecule has 3 rings (SSSR count). The molecule has 1 aromatic heterocycles. The monoisotopic (exact) mass is 469 g/mol. The SMILES string of the molecule is Cn1cc(N)cc1C(=O)Nc1ccc(S(=O)(=O)[O-])c2cc(S(=O)(=O)[O-])ccc12.[Na+].[Na+]. The molecule has 14 heteroatoms. The molecule has 30 heavy (non-hydrogen) atoms. The summed E-state index contributed by atoms with van der Waals surface area (Å²) in [6, 6.07) is 6.45. The summed E-state index contributed by atoms with van der Waals surface area (Å²) < 4.78 is 69.8. The van der Waals surface area contributed by atoms with Crippen molar-refractivity contribution in [1.82, 2.24) is 4.57 Å². The Morgan fingerprint density at radius 1 is 0.967 bits per heavy atom. The molecule has 3 aromatic rings. The molecule has 0 radical (unpaired) electrons. The number of aromatic nitrogens is 1. The number of nitrogens with two attached hydrogens (primary N) is 1. The van der Waals surface area contributed by atoms with E-state index in [2.05, 4.69) is 5.32 Å². The van der Waals surface area contributed by atoms with Crippen LogP contribution in [0.4, 0.5) is 11.4 Å². The van der Waals surface area contributed by atoms with E-state index in [1.165, 1.54) is 22.9 Å². The molecular formula is C16H13N3Na2O7S2. The van der Waals surface area contributed by atoms with Gasteiger partial charge in [-0.05, 0) is 30.3 Å². The van der Waals surface area contributed by atoms with Crippen LogP contribution in [-0.4, -0.2) is 36.4 Å². The second kappa shape index (κ2) is 9.69. The molecule has 10 nitrogen and oxygen atoms in total. The number of fused-ring (bicyclic) bond motifs is 1. The second-order valence-electron chi connectivity index (χ2n) is 5.95. The third-order valence-electron chi connectivity index (χ3n) is 4.01. The molecule has 0 saturated heterocycles. The van der Waals surface area contributed by atoms with Crippen LogP contribution < -0.4 is 70.2 Å². The second-order valence-corrected chi connectivity index (χ2v) is 8.68. The van der Waals surface area contributed by atoms with E-state index < -0.39 is 35.9 Å². The summed E-state index contributed by atoms with van der Waals surface area (Å²) in [7, 11) is -8.26. The van der Waals surface area contributed by atoms with E-state index in [1.807, 2.05) is 0 Å². The predicted octanol–water partition coefficient (Wildman–Crippen LogP) is -5.17. The zero-order valence-corrected chi connectivity index (χ0v) is 21.9. The first-order valence-corrected chi connectivity index (χ1v) is 10.4. The number of nitrogens with zero attached hydrogens (tertiary/aromatic N) is 1. The van der Waals surface area contributed by atoms with E-state index in [0.29, 0.717) is 5.69 Å². The number of amides is 1. The molecule has 0 atom stereocenters. The molecule has 3 N–H and O–H groups in total. The van der Waals surface area contributed by atoms with Gasteiger partial charge in [-0.2, -0.15) is 0 Å². The Morgan fingerprint density at radius 3 is 2.10 bits per heavy atom. The van der Waals surface area contributed by atoms with Crippen molar-refractivity contribution in [2.75, 3.05) is 11.1 Å². The summed E-state index contributed by atoms with van der Waals surface area (Å²) in [6.45, 7) is 0. The third kappa shape index (κ3) is 5.65.